The molecule has 5 heteroatoms. The van der Waals surface area contributed by atoms with Gasteiger partial charge in [0.1, 0.15) is 10.4 Å². The molecule has 0 aliphatic heterocycles. The predicted octanol–water partition coefficient (Wildman–Crippen LogP) is 5.20. The van der Waals surface area contributed by atoms with E-state index in [4.69, 9.17) is 4.74 Å². The van der Waals surface area contributed by atoms with Gasteiger partial charge < -0.3 is 10.1 Å². The molecule has 0 unspecified atom stereocenters. The van der Waals surface area contributed by atoms with Gasteiger partial charge in [-0.15, -0.1) is 0 Å². The summed E-state index contributed by atoms with van der Waals surface area (Å²) in [6.45, 7) is 1.95. The molecular formula is C19H15BrN2O2. The third-order valence-electron chi connectivity index (χ3n) is 3.40. The molecule has 2 aromatic carbocycles. The number of benzene rings is 2. The maximum absolute atomic E-state index is 12.4. The molecule has 24 heavy (non-hydrogen) atoms. The van der Waals surface area contributed by atoms with E-state index in [1.54, 1.807) is 30.3 Å². The molecule has 120 valence electrons. The van der Waals surface area contributed by atoms with Gasteiger partial charge in [0.15, 0.2) is 0 Å². The van der Waals surface area contributed by atoms with Gasteiger partial charge in [0, 0.05) is 17.3 Å². The molecule has 0 bridgehead atoms. The fraction of sp³-hybridized carbons (Fsp3) is 0.0526. The average Bonchev–Trinajstić information content (AvgIpc) is 2.57. The van der Waals surface area contributed by atoms with E-state index in [2.05, 4.69) is 26.2 Å². The lowest BCUT2D eigenvalue weighted by atomic mass is 10.1. The summed E-state index contributed by atoms with van der Waals surface area (Å²) < 4.78 is 6.39. The number of nitrogens with one attached hydrogen (secondary N) is 1. The predicted molar refractivity (Wildman–Crippen MR) is 97.6 cm³/mol. The van der Waals surface area contributed by atoms with Gasteiger partial charge in [-0.3, -0.25) is 4.79 Å². The summed E-state index contributed by atoms with van der Waals surface area (Å²) in [5.74, 6) is 0.829. The van der Waals surface area contributed by atoms with Crippen molar-refractivity contribution in [3.05, 3.63) is 82.5 Å². The van der Waals surface area contributed by atoms with E-state index in [-0.39, 0.29) is 5.91 Å². The molecule has 0 saturated carbocycles. The zero-order valence-corrected chi connectivity index (χ0v) is 14.6. The first-order valence-corrected chi connectivity index (χ1v) is 8.18. The highest BCUT2D eigenvalue weighted by Crippen LogP contribution is 2.23. The number of pyridine rings is 1. The molecule has 0 atom stereocenters. The second kappa shape index (κ2) is 7.27. The standard InChI is InChI=1S/C19H15BrN2O2/c1-13-6-2-3-9-16(13)21-19(23)14-7-4-8-15(12-14)24-18-11-5-10-17(20)22-18/h2-12H,1H3,(H,21,23). The number of amides is 1. The minimum absolute atomic E-state index is 0.183. The van der Waals surface area contributed by atoms with Crippen molar-refractivity contribution in [2.45, 2.75) is 6.92 Å². The van der Waals surface area contributed by atoms with Crippen LogP contribution in [0.4, 0.5) is 5.69 Å². The normalized spacial score (nSPS) is 10.2. The van der Waals surface area contributed by atoms with Gasteiger partial charge in [0.2, 0.25) is 5.88 Å². The first-order valence-electron chi connectivity index (χ1n) is 7.39. The molecule has 0 aliphatic carbocycles. The van der Waals surface area contributed by atoms with Gasteiger partial charge in [-0.2, -0.15) is 0 Å². The molecule has 0 radical (unpaired) electrons. The second-order valence-corrected chi connectivity index (χ2v) is 6.01. The Morgan fingerprint density at radius 3 is 2.62 bits per heavy atom. The van der Waals surface area contributed by atoms with E-state index < -0.39 is 0 Å². The lowest BCUT2D eigenvalue weighted by molar-refractivity contribution is 0.102. The number of hydrogen-bond donors (Lipinski definition) is 1. The number of nitrogens with zero attached hydrogens (tertiary/aromatic N) is 1. The molecule has 1 heterocycles. The van der Waals surface area contributed by atoms with E-state index in [1.807, 2.05) is 43.3 Å². The Morgan fingerprint density at radius 1 is 1.04 bits per heavy atom. The summed E-state index contributed by atoms with van der Waals surface area (Å²) >= 11 is 3.30. The van der Waals surface area contributed by atoms with Crippen LogP contribution in [0.25, 0.3) is 0 Å². The first kappa shape index (κ1) is 16.2. The first-order chi connectivity index (χ1) is 11.6. The Bertz CT molecular complexity index is 881. The topological polar surface area (TPSA) is 51.2 Å². The monoisotopic (exact) mass is 382 g/mol. The minimum Gasteiger partial charge on any atom is -0.439 e. The van der Waals surface area contributed by atoms with Crippen molar-refractivity contribution in [1.29, 1.82) is 0 Å². The average molecular weight is 383 g/mol. The number of carbonyl (C=O) groups excluding carboxylic acids is 1. The van der Waals surface area contributed by atoms with E-state index in [0.29, 0.717) is 21.8 Å². The van der Waals surface area contributed by atoms with Gasteiger partial charge in [-0.1, -0.05) is 30.3 Å². The highest BCUT2D eigenvalue weighted by molar-refractivity contribution is 9.10. The lowest BCUT2D eigenvalue weighted by Gasteiger charge is -2.09. The molecule has 0 fully saturated rings. The molecule has 0 saturated heterocycles. The van der Waals surface area contributed by atoms with Crippen molar-refractivity contribution >= 4 is 27.5 Å². The van der Waals surface area contributed by atoms with Crippen molar-refractivity contribution < 1.29 is 9.53 Å². The number of carbonyl (C=O) groups is 1. The zero-order chi connectivity index (χ0) is 16.9. The smallest absolute Gasteiger partial charge is 0.255 e. The molecule has 4 nitrogen and oxygen atoms in total. The van der Waals surface area contributed by atoms with Crippen LogP contribution in [-0.4, -0.2) is 10.9 Å². The molecule has 1 aromatic heterocycles. The fourth-order valence-corrected chi connectivity index (χ4v) is 2.50. The number of rotatable bonds is 4. The van der Waals surface area contributed by atoms with Gasteiger partial charge in [-0.05, 0) is 58.7 Å². The Labute approximate surface area is 148 Å². The highest BCUT2D eigenvalue weighted by Gasteiger charge is 2.09. The van der Waals surface area contributed by atoms with Crippen molar-refractivity contribution in [3.63, 3.8) is 0 Å². The number of hydrogen-bond acceptors (Lipinski definition) is 3. The molecule has 1 amide bonds. The van der Waals surface area contributed by atoms with Crippen molar-refractivity contribution in [2.75, 3.05) is 5.32 Å². The molecule has 0 aliphatic rings. The van der Waals surface area contributed by atoms with Gasteiger partial charge in [0.05, 0.1) is 0 Å². The van der Waals surface area contributed by atoms with Crippen LogP contribution in [0, 0.1) is 6.92 Å². The number of halogens is 1. The zero-order valence-electron chi connectivity index (χ0n) is 13.0. The van der Waals surface area contributed by atoms with Crippen molar-refractivity contribution in [2.24, 2.45) is 0 Å². The minimum atomic E-state index is -0.183. The number of anilines is 1. The van der Waals surface area contributed by atoms with E-state index in [9.17, 15) is 4.79 Å². The number of aromatic nitrogens is 1. The maximum atomic E-state index is 12.4. The third-order valence-corrected chi connectivity index (χ3v) is 3.84. The second-order valence-electron chi connectivity index (χ2n) is 5.20. The van der Waals surface area contributed by atoms with Crippen LogP contribution in [0.3, 0.4) is 0 Å². The lowest BCUT2D eigenvalue weighted by Crippen LogP contribution is -2.12. The maximum Gasteiger partial charge on any atom is 0.255 e. The summed E-state index contributed by atoms with van der Waals surface area (Å²) in [6.07, 6.45) is 0. The van der Waals surface area contributed by atoms with Crippen LogP contribution in [0.1, 0.15) is 15.9 Å². The molecule has 3 rings (SSSR count). The van der Waals surface area contributed by atoms with Crippen LogP contribution in [0.15, 0.2) is 71.3 Å². The Balaban J connectivity index is 1.77. The Hall–Kier alpha value is -2.66. The van der Waals surface area contributed by atoms with Crippen LogP contribution < -0.4 is 10.1 Å². The van der Waals surface area contributed by atoms with Crippen LogP contribution in [0.5, 0.6) is 11.6 Å². The summed E-state index contributed by atoms with van der Waals surface area (Å²) in [6, 6.07) is 20.1. The summed E-state index contributed by atoms with van der Waals surface area (Å²) in [5, 5.41) is 2.91. The number of ether oxygens (including phenoxy) is 1. The summed E-state index contributed by atoms with van der Waals surface area (Å²) in [7, 11) is 0. The Morgan fingerprint density at radius 2 is 1.83 bits per heavy atom. The third kappa shape index (κ3) is 4.00. The number of para-hydroxylation sites is 1. The van der Waals surface area contributed by atoms with E-state index in [0.717, 1.165) is 11.3 Å². The highest BCUT2D eigenvalue weighted by atomic mass is 79.9. The summed E-state index contributed by atoms with van der Waals surface area (Å²) in [4.78, 5) is 16.7. The quantitative estimate of drug-likeness (QED) is 0.631. The van der Waals surface area contributed by atoms with E-state index >= 15 is 0 Å². The molecule has 0 spiro atoms. The van der Waals surface area contributed by atoms with Gasteiger partial charge >= 0.3 is 0 Å². The molecule has 1 N–H and O–H groups in total. The molecular weight excluding hydrogens is 368 g/mol. The molecule has 3 aromatic rings. The van der Waals surface area contributed by atoms with Crippen molar-refractivity contribution in [1.82, 2.24) is 4.98 Å². The number of aryl methyl sites for hydroxylation is 1. The van der Waals surface area contributed by atoms with Crippen LogP contribution in [-0.2, 0) is 0 Å². The van der Waals surface area contributed by atoms with Gasteiger partial charge in [0.25, 0.3) is 5.91 Å². The largest absolute Gasteiger partial charge is 0.439 e. The van der Waals surface area contributed by atoms with Gasteiger partial charge in [-0.25, -0.2) is 4.98 Å². The van der Waals surface area contributed by atoms with Crippen LogP contribution >= 0.6 is 15.9 Å². The Kier molecular flexibility index (Phi) is 4.91. The van der Waals surface area contributed by atoms with E-state index in [1.165, 1.54) is 0 Å². The fourth-order valence-electron chi connectivity index (χ4n) is 2.18. The summed E-state index contributed by atoms with van der Waals surface area (Å²) in [5.41, 5.74) is 2.32. The SMILES string of the molecule is Cc1ccccc1NC(=O)c1cccc(Oc2cccc(Br)n2)c1. The van der Waals surface area contributed by atoms with Crippen molar-refractivity contribution in [3.8, 4) is 11.6 Å². The van der Waals surface area contributed by atoms with Crippen LogP contribution in [0.2, 0.25) is 0 Å².